The maximum atomic E-state index is 11.2. The van der Waals surface area contributed by atoms with Crippen molar-refractivity contribution in [3.63, 3.8) is 0 Å². The second-order valence-corrected chi connectivity index (χ2v) is 3.41. The summed E-state index contributed by atoms with van der Waals surface area (Å²) in [5, 5.41) is 18.8. The van der Waals surface area contributed by atoms with E-state index in [-0.39, 0.29) is 29.2 Å². The van der Waals surface area contributed by atoms with Gasteiger partial charge in [-0.25, -0.2) is 4.98 Å². The van der Waals surface area contributed by atoms with Crippen LogP contribution in [0.5, 0.6) is 5.75 Å². The largest absolute Gasteiger partial charge is 0.505 e. The third kappa shape index (κ3) is 1.61. The summed E-state index contributed by atoms with van der Waals surface area (Å²) in [6.07, 6.45) is 1.32. The fraction of sp³-hybridized carbons (Fsp3) is 0.182. The molecule has 2 rings (SSSR count). The number of fused-ring (bicyclic) bond motifs is 1. The fourth-order valence-corrected chi connectivity index (χ4v) is 1.44. The van der Waals surface area contributed by atoms with Crippen LogP contribution in [0.25, 0.3) is 11.0 Å². The van der Waals surface area contributed by atoms with Crippen LogP contribution in [0.3, 0.4) is 0 Å². The predicted molar refractivity (Wildman–Crippen MR) is 57.1 cm³/mol. The van der Waals surface area contributed by atoms with Crippen LogP contribution in [0, 0.1) is 0 Å². The molecule has 0 saturated carbocycles. The number of aliphatic hydroxyl groups excluding tert-OH is 1. The van der Waals surface area contributed by atoms with Gasteiger partial charge in [0.25, 0.3) is 0 Å². The molecule has 5 heteroatoms. The highest BCUT2D eigenvalue weighted by molar-refractivity contribution is 6.01. The summed E-state index contributed by atoms with van der Waals surface area (Å²) in [4.78, 5) is 19.2. The number of rotatable bonds is 2. The fourth-order valence-electron chi connectivity index (χ4n) is 1.44. The summed E-state index contributed by atoms with van der Waals surface area (Å²) < 4.78 is 0. The third-order valence-electron chi connectivity index (χ3n) is 2.29. The minimum Gasteiger partial charge on any atom is -0.505 e. The van der Waals surface area contributed by atoms with Crippen LogP contribution in [0.15, 0.2) is 18.3 Å². The summed E-state index contributed by atoms with van der Waals surface area (Å²) in [7, 11) is 0. The second-order valence-electron chi connectivity index (χ2n) is 3.41. The lowest BCUT2D eigenvalue weighted by Gasteiger charge is -2.04. The number of aromatic nitrogens is 2. The maximum absolute atomic E-state index is 11.2. The Balaban J connectivity index is 2.75. The Morgan fingerprint density at radius 1 is 1.44 bits per heavy atom. The minimum absolute atomic E-state index is 0.134. The molecule has 0 unspecified atom stereocenters. The van der Waals surface area contributed by atoms with Gasteiger partial charge < -0.3 is 10.2 Å². The summed E-state index contributed by atoms with van der Waals surface area (Å²) in [5.74, 6) is -0.462. The second kappa shape index (κ2) is 3.86. The van der Waals surface area contributed by atoms with E-state index < -0.39 is 0 Å². The molecule has 0 radical (unpaired) electrons. The van der Waals surface area contributed by atoms with E-state index in [1.807, 2.05) is 0 Å². The average molecular weight is 218 g/mol. The van der Waals surface area contributed by atoms with Crippen LogP contribution in [0.4, 0.5) is 0 Å². The van der Waals surface area contributed by atoms with Crippen molar-refractivity contribution >= 4 is 16.8 Å². The standard InChI is InChI=1S/C11H10N2O3/c1-6(15)8-4-12-9-3-2-7(5-14)13-10(9)11(8)16/h2-4,14H,5H2,1H3,(H,12,16). The Kier molecular flexibility index (Phi) is 2.54. The van der Waals surface area contributed by atoms with Crippen molar-refractivity contribution in [2.75, 3.05) is 0 Å². The molecule has 82 valence electrons. The van der Waals surface area contributed by atoms with Crippen molar-refractivity contribution in [1.82, 2.24) is 9.97 Å². The first-order valence-electron chi connectivity index (χ1n) is 4.73. The zero-order valence-electron chi connectivity index (χ0n) is 8.64. The Hall–Kier alpha value is -2.01. The molecule has 0 atom stereocenters. The molecule has 0 saturated heterocycles. The Morgan fingerprint density at radius 3 is 2.81 bits per heavy atom. The number of carbonyl (C=O) groups excluding carboxylic acids is 1. The Bertz CT molecular complexity index is 566. The van der Waals surface area contributed by atoms with Gasteiger partial charge in [-0.3, -0.25) is 9.78 Å². The van der Waals surface area contributed by atoms with Crippen molar-refractivity contribution in [1.29, 1.82) is 0 Å². The minimum atomic E-state index is -0.275. The van der Waals surface area contributed by atoms with Gasteiger partial charge in [-0.1, -0.05) is 0 Å². The van der Waals surface area contributed by atoms with Crippen molar-refractivity contribution in [3.8, 4) is 5.75 Å². The van der Waals surface area contributed by atoms with Crippen LogP contribution >= 0.6 is 0 Å². The van der Waals surface area contributed by atoms with Gasteiger partial charge in [0, 0.05) is 6.20 Å². The van der Waals surface area contributed by atoms with Gasteiger partial charge in [0.05, 0.1) is 23.4 Å². The molecule has 0 bridgehead atoms. The van der Waals surface area contributed by atoms with Crippen LogP contribution in [0.1, 0.15) is 23.0 Å². The van der Waals surface area contributed by atoms with Gasteiger partial charge in [0.2, 0.25) is 0 Å². The molecular weight excluding hydrogens is 208 g/mol. The van der Waals surface area contributed by atoms with Crippen LogP contribution in [-0.4, -0.2) is 26.0 Å². The Labute approximate surface area is 91.4 Å². The Morgan fingerprint density at radius 2 is 2.19 bits per heavy atom. The van der Waals surface area contributed by atoms with E-state index in [9.17, 15) is 9.90 Å². The number of ketones is 1. The zero-order chi connectivity index (χ0) is 11.7. The van der Waals surface area contributed by atoms with Gasteiger partial charge in [-0.15, -0.1) is 0 Å². The van der Waals surface area contributed by atoms with E-state index >= 15 is 0 Å². The quantitative estimate of drug-likeness (QED) is 0.735. The van der Waals surface area contributed by atoms with Gasteiger partial charge >= 0.3 is 0 Å². The summed E-state index contributed by atoms with van der Waals surface area (Å²) in [5.41, 5.74) is 1.28. The number of hydrogen-bond acceptors (Lipinski definition) is 5. The first-order chi connectivity index (χ1) is 7.63. The summed E-state index contributed by atoms with van der Waals surface area (Å²) in [6, 6.07) is 3.25. The van der Waals surface area contributed by atoms with Gasteiger partial charge in [-0.05, 0) is 19.1 Å². The lowest BCUT2D eigenvalue weighted by Crippen LogP contribution is -1.98. The number of hydrogen-bond donors (Lipinski definition) is 2. The van der Waals surface area contributed by atoms with Gasteiger partial charge in [0.1, 0.15) is 5.52 Å². The molecular formula is C11H10N2O3. The number of Topliss-reactive ketones (excluding diaryl/α,β-unsaturated/α-hetero) is 1. The van der Waals surface area contributed by atoms with Crippen molar-refractivity contribution < 1.29 is 15.0 Å². The predicted octanol–water partition coefficient (Wildman–Crippen LogP) is 1.03. The maximum Gasteiger partial charge on any atom is 0.165 e. The van der Waals surface area contributed by atoms with E-state index in [1.54, 1.807) is 12.1 Å². The molecule has 0 aliphatic heterocycles. The number of pyridine rings is 2. The van der Waals surface area contributed by atoms with Gasteiger partial charge in [-0.2, -0.15) is 0 Å². The number of aliphatic hydroxyl groups is 1. The highest BCUT2D eigenvalue weighted by atomic mass is 16.3. The molecule has 0 amide bonds. The van der Waals surface area contributed by atoms with Crippen molar-refractivity contribution in [2.24, 2.45) is 0 Å². The smallest absolute Gasteiger partial charge is 0.165 e. The summed E-state index contributed by atoms with van der Waals surface area (Å²) in [6.45, 7) is 1.12. The normalized spacial score (nSPS) is 10.6. The average Bonchev–Trinajstić information content (AvgIpc) is 2.28. The first kappa shape index (κ1) is 10.5. The molecule has 2 heterocycles. The highest BCUT2D eigenvalue weighted by Gasteiger charge is 2.12. The molecule has 2 aromatic heterocycles. The molecule has 5 nitrogen and oxygen atoms in total. The molecule has 0 aliphatic rings. The number of nitrogens with zero attached hydrogens (tertiary/aromatic N) is 2. The highest BCUT2D eigenvalue weighted by Crippen LogP contribution is 2.25. The zero-order valence-corrected chi connectivity index (χ0v) is 8.64. The van der Waals surface area contributed by atoms with E-state index in [4.69, 9.17) is 5.11 Å². The third-order valence-corrected chi connectivity index (χ3v) is 2.29. The van der Waals surface area contributed by atoms with Crippen LogP contribution in [-0.2, 0) is 6.61 Å². The van der Waals surface area contributed by atoms with Crippen LogP contribution in [0.2, 0.25) is 0 Å². The molecule has 2 N–H and O–H groups in total. The molecule has 0 fully saturated rings. The molecule has 16 heavy (non-hydrogen) atoms. The molecule has 0 aliphatic carbocycles. The molecule has 2 aromatic rings. The topological polar surface area (TPSA) is 83.3 Å². The first-order valence-corrected chi connectivity index (χ1v) is 4.73. The monoisotopic (exact) mass is 218 g/mol. The van der Waals surface area contributed by atoms with E-state index in [0.717, 1.165) is 0 Å². The van der Waals surface area contributed by atoms with Crippen molar-refractivity contribution in [3.05, 3.63) is 29.6 Å². The van der Waals surface area contributed by atoms with E-state index in [0.29, 0.717) is 11.2 Å². The van der Waals surface area contributed by atoms with Gasteiger partial charge in [0.15, 0.2) is 11.5 Å². The SMILES string of the molecule is CC(=O)c1cnc2ccc(CO)nc2c1O. The molecule has 0 aromatic carbocycles. The van der Waals surface area contributed by atoms with Crippen molar-refractivity contribution in [2.45, 2.75) is 13.5 Å². The molecule has 0 spiro atoms. The number of carbonyl (C=O) groups is 1. The summed E-state index contributed by atoms with van der Waals surface area (Å²) >= 11 is 0. The van der Waals surface area contributed by atoms with E-state index in [2.05, 4.69) is 9.97 Å². The lowest BCUT2D eigenvalue weighted by atomic mass is 10.1. The van der Waals surface area contributed by atoms with Crippen LogP contribution < -0.4 is 0 Å². The number of aromatic hydroxyl groups is 1. The lowest BCUT2D eigenvalue weighted by molar-refractivity contribution is 0.101. The van der Waals surface area contributed by atoms with E-state index in [1.165, 1.54) is 13.1 Å².